The number of hydrogen-bond donors (Lipinski definition) is 0. The fourth-order valence-corrected chi connectivity index (χ4v) is 1.90. The first-order valence-corrected chi connectivity index (χ1v) is 6.58. The highest BCUT2D eigenvalue weighted by atomic mass is 19.1. The van der Waals surface area contributed by atoms with Gasteiger partial charge in [-0.25, -0.2) is 4.39 Å². The summed E-state index contributed by atoms with van der Waals surface area (Å²) in [4.78, 5) is 25.1. The number of amides is 1. The molecule has 1 aromatic rings. The predicted molar refractivity (Wildman–Crippen MR) is 73.5 cm³/mol. The van der Waals surface area contributed by atoms with E-state index in [9.17, 15) is 14.0 Å². The van der Waals surface area contributed by atoms with Crippen LogP contribution in [0.4, 0.5) is 4.39 Å². The summed E-state index contributed by atoms with van der Waals surface area (Å²) in [7, 11) is 1.33. The van der Waals surface area contributed by atoms with Crippen LogP contribution >= 0.6 is 0 Å². The third-order valence-electron chi connectivity index (χ3n) is 3.10. The van der Waals surface area contributed by atoms with Crippen molar-refractivity contribution in [2.24, 2.45) is 5.92 Å². The molecule has 20 heavy (non-hydrogen) atoms. The van der Waals surface area contributed by atoms with Crippen LogP contribution in [0, 0.1) is 11.7 Å². The van der Waals surface area contributed by atoms with Gasteiger partial charge in [-0.1, -0.05) is 19.1 Å². The Bertz CT molecular complexity index is 459. The van der Waals surface area contributed by atoms with Gasteiger partial charge in [-0.15, -0.1) is 0 Å². The molecule has 4 nitrogen and oxygen atoms in total. The Hall–Kier alpha value is -1.91. The molecule has 1 aromatic carbocycles. The first-order chi connectivity index (χ1) is 9.47. The van der Waals surface area contributed by atoms with Crippen LogP contribution in [-0.4, -0.2) is 37.0 Å². The molecule has 0 aromatic heterocycles. The van der Waals surface area contributed by atoms with Gasteiger partial charge >= 0.3 is 5.97 Å². The van der Waals surface area contributed by atoms with Crippen molar-refractivity contribution in [2.45, 2.75) is 20.3 Å². The number of nitrogens with zero attached hydrogens (tertiary/aromatic N) is 1. The number of halogens is 1. The molecule has 0 aliphatic heterocycles. The number of ether oxygens (including phenoxy) is 1. The monoisotopic (exact) mass is 281 g/mol. The van der Waals surface area contributed by atoms with E-state index in [2.05, 4.69) is 4.74 Å². The van der Waals surface area contributed by atoms with E-state index >= 15 is 0 Å². The maximum absolute atomic E-state index is 12.8. The van der Waals surface area contributed by atoms with Crippen molar-refractivity contribution in [1.82, 2.24) is 4.90 Å². The van der Waals surface area contributed by atoms with E-state index in [1.165, 1.54) is 19.2 Å². The summed E-state index contributed by atoms with van der Waals surface area (Å²) in [5, 5.41) is 0. The van der Waals surface area contributed by atoms with Crippen molar-refractivity contribution in [3.63, 3.8) is 0 Å². The first-order valence-electron chi connectivity index (χ1n) is 6.58. The number of hydrogen-bond acceptors (Lipinski definition) is 3. The first kappa shape index (κ1) is 16.1. The van der Waals surface area contributed by atoms with Gasteiger partial charge in [0.2, 0.25) is 5.91 Å². The summed E-state index contributed by atoms with van der Waals surface area (Å²) in [6.45, 7) is 4.41. The average Bonchev–Trinajstić information content (AvgIpc) is 2.45. The van der Waals surface area contributed by atoms with E-state index in [1.54, 1.807) is 24.0 Å². The fraction of sp³-hybridized carbons (Fsp3) is 0.467. The van der Waals surface area contributed by atoms with Gasteiger partial charge < -0.3 is 9.64 Å². The molecule has 1 unspecified atom stereocenters. The lowest BCUT2D eigenvalue weighted by molar-refractivity contribution is -0.146. The van der Waals surface area contributed by atoms with Gasteiger partial charge in [0.15, 0.2) is 0 Å². The minimum atomic E-state index is -0.364. The Labute approximate surface area is 118 Å². The molecule has 0 aliphatic carbocycles. The summed E-state index contributed by atoms with van der Waals surface area (Å²) in [5.41, 5.74) is 0.751. The maximum Gasteiger partial charge on any atom is 0.310 e. The van der Waals surface area contributed by atoms with E-state index in [0.717, 1.165) is 5.56 Å². The van der Waals surface area contributed by atoms with Crippen LogP contribution in [0.5, 0.6) is 0 Å². The molecule has 0 bridgehead atoms. The lowest BCUT2D eigenvalue weighted by Gasteiger charge is -2.23. The van der Waals surface area contributed by atoms with Crippen LogP contribution in [0.15, 0.2) is 24.3 Å². The standard InChI is InChI=1S/C15H20FNO3/c1-4-17(10-11(2)15(19)20-3)14(18)9-12-5-7-13(16)8-6-12/h5-8,11H,4,9-10H2,1-3H3. The normalized spacial score (nSPS) is 11.8. The summed E-state index contributed by atoms with van der Waals surface area (Å²) < 4.78 is 17.5. The second-order valence-corrected chi connectivity index (χ2v) is 4.66. The molecule has 1 atom stereocenters. The van der Waals surface area contributed by atoms with Crippen LogP contribution in [-0.2, 0) is 20.7 Å². The number of rotatable bonds is 6. The summed E-state index contributed by atoms with van der Waals surface area (Å²) in [6.07, 6.45) is 0.196. The van der Waals surface area contributed by atoms with Gasteiger partial charge in [0, 0.05) is 13.1 Å². The van der Waals surface area contributed by atoms with E-state index in [1.807, 2.05) is 6.92 Å². The molecule has 110 valence electrons. The summed E-state index contributed by atoms with van der Waals surface area (Å²) in [6, 6.07) is 5.83. The van der Waals surface area contributed by atoms with Crippen molar-refractivity contribution in [2.75, 3.05) is 20.2 Å². The molecule has 0 saturated heterocycles. The van der Waals surface area contributed by atoms with Gasteiger partial charge in [0.25, 0.3) is 0 Å². The van der Waals surface area contributed by atoms with Crippen molar-refractivity contribution in [3.05, 3.63) is 35.6 Å². The topological polar surface area (TPSA) is 46.6 Å². The third kappa shape index (κ3) is 4.64. The quantitative estimate of drug-likeness (QED) is 0.750. The lowest BCUT2D eigenvalue weighted by Crippen LogP contribution is -2.38. The van der Waals surface area contributed by atoms with Gasteiger partial charge in [-0.05, 0) is 24.6 Å². The van der Waals surface area contributed by atoms with Crippen LogP contribution in [0.3, 0.4) is 0 Å². The highest BCUT2D eigenvalue weighted by Gasteiger charge is 2.20. The summed E-state index contributed by atoms with van der Waals surface area (Å²) >= 11 is 0. The average molecular weight is 281 g/mol. The molecule has 0 aliphatic rings. The van der Waals surface area contributed by atoms with E-state index in [4.69, 9.17) is 0 Å². The Morgan fingerprint density at radius 2 is 1.90 bits per heavy atom. The lowest BCUT2D eigenvalue weighted by atomic mass is 10.1. The smallest absolute Gasteiger partial charge is 0.310 e. The Kier molecular flexibility index (Phi) is 6.15. The zero-order valence-corrected chi connectivity index (χ0v) is 12.1. The molecule has 0 radical (unpaired) electrons. The second-order valence-electron chi connectivity index (χ2n) is 4.66. The van der Waals surface area contributed by atoms with E-state index in [0.29, 0.717) is 13.1 Å². The predicted octanol–water partition coefficient (Wildman–Crippen LogP) is 2.03. The molecule has 0 N–H and O–H groups in total. The van der Waals surface area contributed by atoms with Crippen molar-refractivity contribution >= 4 is 11.9 Å². The Morgan fingerprint density at radius 3 is 2.40 bits per heavy atom. The molecule has 0 saturated carbocycles. The number of carbonyl (C=O) groups excluding carboxylic acids is 2. The van der Waals surface area contributed by atoms with Gasteiger partial charge in [0.05, 0.1) is 19.4 Å². The van der Waals surface area contributed by atoms with Crippen molar-refractivity contribution in [1.29, 1.82) is 0 Å². The van der Waals surface area contributed by atoms with Gasteiger partial charge in [-0.2, -0.15) is 0 Å². The highest BCUT2D eigenvalue weighted by Crippen LogP contribution is 2.08. The van der Waals surface area contributed by atoms with Crippen molar-refractivity contribution < 1.29 is 18.7 Å². The van der Waals surface area contributed by atoms with E-state index in [-0.39, 0.29) is 30.0 Å². The molecule has 1 amide bonds. The third-order valence-corrected chi connectivity index (χ3v) is 3.10. The number of likely N-dealkylation sites (N-methyl/N-ethyl adjacent to an activating group) is 1. The minimum Gasteiger partial charge on any atom is -0.469 e. The molecule has 1 rings (SSSR count). The molecule has 5 heteroatoms. The zero-order valence-electron chi connectivity index (χ0n) is 12.1. The molecule has 0 heterocycles. The number of esters is 1. The summed E-state index contributed by atoms with van der Waals surface area (Å²) in [5.74, 6) is -1.11. The fourth-order valence-electron chi connectivity index (χ4n) is 1.90. The van der Waals surface area contributed by atoms with Gasteiger partial charge in [-0.3, -0.25) is 9.59 Å². The van der Waals surface area contributed by atoms with Crippen LogP contribution in [0.1, 0.15) is 19.4 Å². The SMILES string of the molecule is CCN(CC(C)C(=O)OC)C(=O)Cc1ccc(F)cc1. The largest absolute Gasteiger partial charge is 0.469 e. The molecular weight excluding hydrogens is 261 g/mol. The molecular formula is C15H20FNO3. The van der Waals surface area contributed by atoms with E-state index < -0.39 is 0 Å². The number of methoxy groups -OCH3 is 1. The minimum absolute atomic E-state index is 0.0881. The zero-order chi connectivity index (χ0) is 15.1. The Balaban J connectivity index is 2.63. The Morgan fingerprint density at radius 1 is 1.30 bits per heavy atom. The van der Waals surface area contributed by atoms with Crippen LogP contribution in [0.2, 0.25) is 0 Å². The van der Waals surface area contributed by atoms with Gasteiger partial charge in [0.1, 0.15) is 5.82 Å². The molecule has 0 fully saturated rings. The van der Waals surface area contributed by atoms with Crippen LogP contribution < -0.4 is 0 Å². The maximum atomic E-state index is 12.8. The number of carbonyl (C=O) groups is 2. The second kappa shape index (κ2) is 7.62. The number of benzene rings is 1. The molecule has 0 spiro atoms. The van der Waals surface area contributed by atoms with Crippen molar-refractivity contribution in [3.8, 4) is 0 Å². The highest BCUT2D eigenvalue weighted by molar-refractivity contribution is 5.80. The van der Waals surface area contributed by atoms with Crippen LogP contribution in [0.25, 0.3) is 0 Å².